The summed E-state index contributed by atoms with van der Waals surface area (Å²) in [6.45, 7) is 0.379. The van der Waals surface area contributed by atoms with E-state index in [1.54, 1.807) is 12.1 Å². The summed E-state index contributed by atoms with van der Waals surface area (Å²) in [5, 5.41) is 9.55. The largest absolute Gasteiger partial charge is 0.388 e. The van der Waals surface area contributed by atoms with E-state index in [0.29, 0.717) is 23.0 Å². The van der Waals surface area contributed by atoms with Gasteiger partial charge in [0.2, 0.25) is 0 Å². The third-order valence-corrected chi connectivity index (χ3v) is 2.62. The van der Waals surface area contributed by atoms with Gasteiger partial charge >= 0.3 is 0 Å². The average molecular weight is 248 g/mol. The van der Waals surface area contributed by atoms with E-state index < -0.39 is 6.10 Å². The maximum Gasteiger partial charge on any atom is 0.137 e. The van der Waals surface area contributed by atoms with Crippen molar-refractivity contribution in [2.75, 3.05) is 6.54 Å². The number of halogens is 2. The molecule has 0 aliphatic carbocycles. The number of hydrogen-bond acceptors (Lipinski definition) is 2. The van der Waals surface area contributed by atoms with E-state index in [0.717, 1.165) is 0 Å². The fourth-order valence-corrected chi connectivity index (χ4v) is 1.62. The van der Waals surface area contributed by atoms with Crippen LogP contribution >= 0.6 is 15.9 Å². The van der Waals surface area contributed by atoms with Crippen LogP contribution in [0.5, 0.6) is 0 Å². The summed E-state index contributed by atoms with van der Waals surface area (Å²) in [7, 11) is 0. The first-order valence-electron chi connectivity index (χ1n) is 3.99. The summed E-state index contributed by atoms with van der Waals surface area (Å²) >= 11 is 3.07. The Morgan fingerprint density at radius 3 is 2.85 bits per heavy atom. The molecule has 1 aromatic carbocycles. The second kappa shape index (κ2) is 4.69. The number of rotatable bonds is 3. The van der Waals surface area contributed by atoms with Crippen LogP contribution in [0.3, 0.4) is 0 Å². The van der Waals surface area contributed by atoms with Crippen molar-refractivity contribution in [2.24, 2.45) is 5.73 Å². The van der Waals surface area contributed by atoms with E-state index in [2.05, 4.69) is 15.9 Å². The second-order valence-corrected chi connectivity index (χ2v) is 3.53. The van der Waals surface area contributed by atoms with Crippen molar-refractivity contribution in [2.45, 2.75) is 12.5 Å². The lowest BCUT2D eigenvalue weighted by Gasteiger charge is -2.11. The summed E-state index contributed by atoms with van der Waals surface area (Å²) in [5.74, 6) is -0.367. The predicted molar refractivity (Wildman–Crippen MR) is 52.7 cm³/mol. The van der Waals surface area contributed by atoms with Gasteiger partial charge in [-0.1, -0.05) is 12.1 Å². The van der Waals surface area contributed by atoms with E-state index >= 15 is 0 Å². The molecule has 0 amide bonds. The molecule has 1 aromatic rings. The van der Waals surface area contributed by atoms with Gasteiger partial charge in [-0.15, -0.1) is 0 Å². The van der Waals surface area contributed by atoms with Crippen LogP contribution in [0, 0.1) is 5.82 Å². The van der Waals surface area contributed by atoms with Crippen molar-refractivity contribution in [3.63, 3.8) is 0 Å². The molecule has 2 nitrogen and oxygen atoms in total. The van der Waals surface area contributed by atoms with E-state index in [9.17, 15) is 9.50 Å². The zero-order valence-electron chi connectivity index (χ0n) is 7.00. The van der Waals surface area contributed by atoms with E-state index in [1.807, 2.05) is 0 Å². The molecule has 0 heterocycles. The minimum atomic E-state index is -0.699. The highest BCUT2D eigenvalue weighted by atomic mass is 79.9. The zero-order valence-corrected chi connectivity index (χ0v) is 8.59. The zero-order chi connectivity index (χ0) is 9.84. The lowest BCUT2D eigenvalue weighted by atomic mass is 10.1. The van der Waals surface area contributed by atoms with Crippen LogP contribution in [-0.2, 0) is 0 Å². The minimum absolute atomic E-state index is 0.316. The SMILES string of the molecule is NCCC(O)c1cccc(F)c1Br. The Kier molecular flexibility index (Phi) is 3.84. The fourth-order valence-electron chi connectivity index (χ4n) is 1.09. The van der Waals surface area contributed by atoms with Crippen molar-refractivity contribution in [3.8, 4) is 0 Å². The molecule has 3 N–H and O–H groups in total. The van der Waals surface area contributed by atoms with Crippen molar-refractivity contribution in [3.05, 3.63) is 34.1 Å². The van der Waals surface area contributed by atoms with Crippen molar-refractivity contribution < 1.29 is 9.50 Å². The normalized spacial score (nSPS) is 12.9. The fraction of sp³-hybridized carbons (Fsp3) is 0.333. The monoisotopic (exact) mass is 247 g/mol. The number of benzene rings is 1. The van der Waals surface area contributed by atoms with Crippen molar-refractivity contribution >= 4 is 15.9 Å². The molecule has 0 aliphatic heterocycles. The van der Waals surface area contributed by atoms with Crippen LogP contribution in [0.1, 0.15) is 18.1 Å². The molecule has 0 aliphatic rings. The van der Waals surface area contributed by atoms with Crippen LogP contribution in [0.15, 0.2) is 22.7 Å². The maximum absolute atomic E-state index is 13.0. The van der Waals surface area contributed by atoms with Gasteiger partial charge in [0.1, 0.15) is 5.82 Å². The molecule has 13 heavy (non-hydrogen) atoms. The van der Waals surface area contributed by atoms with E-state index in [1.165, 1.54) is 6.07 Å². The Balaban J connectivity index is 2.93. The smallest absolute Gasteiger partial charge is 0.137 e. The van der Waals surface area contributed by atoms with Gasteiger partial charge in [-0.05, 0) is 40.5 Å². The quantitative estimate of drug-likeness (QED) is 0.858. The molecule has 1 unspecified atom stereocenters. The first-order chi connectivity index (χ1) is 6.16. The molecule has 0 bridgehead atoms. The van der Waals surface area contributed by atoms with E-state index in [4.69, 9.17) is 5.73 Å². The molecule has 0 saturated carbocycles. The number of aliphatic hydroxyl groups is 1. The van der Waals surface area contributed by atoms with Crippen LogP contribution in [0.4, 0.5) is 4.39 Å². The first-order valence-corrected chi connectivity index (χ1v) is 4.78. The van der Waals surface area contributed by atoms with Gasteiger partial charge < -0.3 is 10.8 Å². The molecule has 0 saturated heterocycles. The molecule has 1 atom stereocenters. The Labute approximate surface area is 84.7 Å². The highest BCUT2D eigenvalue weighted by molar-refractivity contribution is 9.10. The standard InChI is InChI=1S/C9H11BrFNO/c10-9-6(8(13)4-5-12)2-1-3-7(9)11/h1-3,8,13H,4-5,12H2. The van der Waals surface area contributed by atoms with Crippen LogP contribution in [0.2, 0.25) is 0 Å². The Bertz CT molecular complexity index is 293. The molecular formula is C9H11BrFNO. The molecule has 72 valence electrons. The third kappa shape index (κ3) is 2.49. The third-order valence-electron chi connectivity index (χ3n) is 1.78. The number of nitrogens with two attached hydrogens (primary N) is 1. The summed E-state index contributed by atoms with van der Waals surface area (Å²) in [6, 6.07) is 4.57. The van der Waals surface area contributed by atoms with Gasteiger partial charge in [0, 0.05) is 0 Å². The topological polar surface area (TPSA) is 46.2 Å². The van der Waals surface area contributed by atoms with E-state index in [-0.39, 0.29) is 5.82 Å². The first kappa shape index (κ1) is 10.6. The molecule has 0 aromatic heterocycles. The highest BCUT2D eigenvalue weighted by Gasteiger charge is 2.12. The summed E-state index contributed by atoms with van der Waals surface area (Å²) in [4.78, 5) is 0. The molecule has 0 spiro atoms. The summed E-state index contributed by atoms with van der Waals surface area (Å²) in [5.41, 5.74) is 5.83. The predicted octanol–water partition coefficient (Wildman–Crippen LogP) is 1.97. The van der Waals surface area contributed by atoms with Gasteiger partial charge in [-0.3, -0.25) is 0 Å². The Morgan fingerprint density at radius 1 is 1.54 bits per heavy atom. The highest BCUT2D eigenvalue weighted by Crippen LogP contribution is 2.27. The Hall–Kier alpha value is -0.450. The lowest BCUT2D eigenvalue weighted by molar-refractivity contribution is 0.169. The molecular weight excluding hydrogens is 237 g/mol. The molecule has 1 rings (SSSR count). The molecule has 4 heteroatoms. The van der Waals surface area contributed by atoms with Crippen LogP contribution in [0.25, 0.3) is 0 Å². The van der Waals surface area contributed by atoms with Crippen molar-refractivity contribution in [1.29, 1.82) is 0 Å². The molecule has 0 radical (unpaired) electrons. The molecule has 0 fully saturated rings. The Morgan fingerprint density at radius 2 is 2.23 bits per heavy atom. The number of hydrogen-bond donors (Lipinski definition) is 2. The second-order valence-electron chi connectivity index (χ2n) is 2.74. The summed E-state index contributed by atoms with van der Waals surface area (Å²) < 4.78 is 13.3. The van der Waals surface area contributed by atoms with Crippen LogP contribution in [-0.4, -0.2) is 11.7 Å². The van der Waals surface area contributed by atoms with Gasteiger partial charge in [0.15, 0.2) is 0 Å². The van der Waals surface area contributed by atoms with Gasteiger partial charge in [0.25, 0.3) is 0 Å². The summed E-state index contributed by atoms with van der Waals surface area (Å²) in [6.07, 6.45) is -0.266. The number of aliphatic hydroxyl groups excluding tert-OH is 1. The van der Waals surface area contributed by atoms with Gasteiger partial charge in [-0.25, -0.2) is 4.39 Å². The van der Waals surface area contributed by atoms with Gasteiger partial charge in [0.05, 0.1) is 10.6 Å². The minimum Gasteiger partial charge on any atom is -0.388 e. The lowest BCUT2D eigenvalue weighted by Crippen LogP contribution is -2.07. The van der Waals surface area contributed by atoms with Crippen molar-refractivity contribution in [1.82, 2.24) is 0 Å². The van der Waals surface area contributed by atoms with Crippen LogP contribution < -0.4 is 5.73 Å². The maximum atomic E-state index is 13.0. The van der Waals surface area contributed by atoms with Gasteiger partial charge in [-0.2, -0.15) is 0 Å². The average Bonchev–Trinajstić information content (AvgIpc) is 2.10.